The van der Waals surface area contributed by atoms with Crippen molar-refractivity contribution in [3.63, 3.8) is 0 Å². The van der Waals surface area contributed by atoms with Gasteiger partial charge in [-0.25, -0.2) is 0 Å². The van der Waals surface area contributed by atoms with E-state index in [4.69, 9.17) is 0 Å². The molecule has 5 aromatic carbocycles. The molecule has 7 aromatic rings. The van der Waals surface area contributed by atoms with Crippen LogP contribution in [0.1, 0.15) is 68.5 Å². The average molecular weight is 647 g/mol. The predicted octanol–water partition coefficient (Wildman–Crippen LogP) is 5.46. The fourth-order valence-electron chi connectivity index (χ4n) is 8.37. The van der Waals surface area contributed by atoms with Gasteiger partial charge in [0.15, 0.2) is 34.7 Å². The first kappa shape index (κ1) is 26.9. The molecule has 50 heavy (non-hydrogen) atoms. The molecule has 0 atom stereocenters. The van der Waals surface area contributed by atoms with Crippen LogP contribution in [0.4, 0.5) is 0 Å². The van der Waals surface area contributed by atoms with Crippen molar-refractivity contribution in [2.45, 2.75) is 0 Å². The third-order valence-electron chi connectivity index (χ3n) is 10.5. The summed E-state index contributed by atoms with van der Waals surface area (Å²) in [7, 11) is 0. The molecule has 4 aliphatic carbocycles. The van der Waals surface area contributed by atoms with Gasteiger partial charge in [-0.3, -0.25) is 28.8 Å². The standard InChI is InChI=1S/C42H18N2O6/c45-20-11-9-17-15-26-18(13-19(17)14-20)10-12-25-29-32-31-28(46)16-27-30(40(48)22-6-2-1-5-21(22)39(27)47)37(31)44-38(32)34-33(36(29)43-35(25)26)41(49)23-7-3-4-8-24(23)42(34)50/h1-16,43-44H. The summed E-state index contributed by atoms with van der Waals surface area (Å²) in [5, 5.41) is 4.24. The van der Waals surface area contributed by atoms with Gasteiger partial charge < -0.3 is 9.97 Å². The van der Waals surface area contributed by atoms with Gasteiger partial charge >= 0.3 is 0 Å². The van der Waals surface area contributed by atoms with Gasteiger partial charge in [-0.1, -0.05) is 66.7 Å². The molecule has 2 heterocycles. The molecule has 0 saturated heterocycles. The Bertz CT molecular complexity index is 3200. The molecule has 0 unspecified atom stereocenters. The molecule has 232 valence electrons. The van der Waals surface area contributed by atoms with Crippen LogP contribution >= 0.6 is 0 Å². The van der Waals surface area contributed by atoms with Crippen molar-refractivity contribution in [2.24, 2.45) is 0 Å². The van der Waals surface area contributed by atoms with Crippen molar-refractivity contribution < 1.29 is 28.8 Å². The zero-order valence-corrected chi connectivity index (χ0v) is 25.7. The molecule has 11 rings (SSSR count). The van der Waals surface area contributed by atoms with E-state index in [9.17, 15) is 28.8 Å². The average Bonchev–Trinajstić information content (AvgIpc) is 3.71. The van der Waals surface area contributed by atoms with Crippen molar-refractivity contribution in [3.05, 3.63) is 146 Å². The van der Waals surface area contributed by atoms with Gasteiger partial charge in [0, 0.05) is 49.4 Å². The van der Waals surface area contributed by atoms with Gasteiger partial charge in [0.2, 0.25) is 0 Å². The van der Waals surface area contributed by atoms with Crippen LogP contribution < -0.4 is 10.6 Å². The molecular formula is C42H18N2O6. The van der Waals surface area contributed by atoms with E-state index in [1.807, 2.05) is 24.3 Å². The number of carbonyl (C=O) groups is 6. The Morgan fingerprint density at radius 2 is 1.14 bits per heavy atom. The Morgan fingerprint density at radius 3 is 1.84 bits per heavy atom. The number of H-pyrrole nitrogens is 2. The molecule has 0 amide bonds. The van der Waals surface area contributed by atoms with E-state index in [0.717, 1.165) is 21.6 Å². The van der Waals surface area contributed by atoms with Crippen LogP contribution in [0.3, 0.4) is 0 Å². The summed E-state index contributed by atoms with van der Waals surface area (Å²) in [5.74, 6) is -2.19. The minimum atomic E-state index is -0.490. The zero-order valence-electron chi connectivity index (χ0n) is 25.7. The fraction of sp³-hybridized carbons (Fsp3) is 0. The summed E-state index contributed by atoms with van der Waals surface area (Å²) < 4.78 is 0. The van der Waals surface area contributed by atoms with E-state index in [2.05, 4.69) is 9.97 Å². The number of fused-ring (bicyclic) bond motifs is 16. The number of rotatable bonds is 0. The summed E-state index contributed by atoms with van der Waals surface area (Å²) in [6.07, 6.45) is 6.07. The Labute approximate surface area is 279 Å². The third kappa shape index (κ3) is 3.11. The highest BCUT2D eigenvalue weighted by atomic mass is 16.2. The highest BCUT2D eigenvalue weighted by molar-refractivity contribution is 6.47. The molecule has 8 nitrogen and oxygen atoms in total. The molecule has 0 spiro atoms. The highest BCUT2D eigenvalue weighted by Gasteiger charge is 2.41. The summed E-state index contributed by atoms with van der Waals surface area (Å²) in [6, 6.07) is 20.9. The molecule has 0 saturated carbocycles. The number of hydrogen-bond acceptors (Lipinski definition) is 6. The normalized spacial score (nSPS) is 16.0. The van der Waals surface area contributed by atoms with Crippen LogP contribution in [-0.2, 0) is 4.79 Å². The molecule has 2 aromatic heterocycles. The lowest BCUT2D eigenvalue weighted by molar-refractivity contribution is -0.109. The van der Waals surface area contributed by atoms with Gasteiger partial charge in [-0.2, -0.15) is 0 Å². The van der Waals surface area contributed by atoms with Gasteiger partial charge in [-0.05, 0) is 46.5 Å². The Balaban J connectivity index is 1.36. The van der Waals surface area contributed by atoms with E-state index in [1.54, 1.807) is 60.7 Å². The molecule has 0 fully saturated rings. The second kappa shape index (κ2) is 8.89. The SMILES string of the molecule is O=C1C=Cc2cc3c(ccc4c3[nH]c3c5c(c6[nH]c7c(c6c34)C(=O)C=C3C(=O)c4ccccc4C(=O)C=73)C(=O)c3ccccc3C5=O)cc2=C1. The van der Waals surface area contributed by atoms with Gasteiger partial charge in [-0.15, -0.1) is 0 Å². The predicted molar refractivity (Wildman–Crippen MR) is 187 cm³/mol. The number of hydrogen-bond donors (Lipinski definition) is 2. The molecule has 0 radical (unpaired) electrons. The maximum atomic E-state index is 14.4. The molecule has 0 bridgehead atoms. The van der Waals surface area contributed by atoms with Crippen molar-refractivity contribution in [1.82, 2.24) is 9.97 Å². The van der Waals surface area contributed by atoms with Crippen LogP contribution in [0.5, 0.6) is 0 Å². The number of ketones is 6. The molecule has 2 N–H and O–H groups in total. The zero-order chi connectivity index (χ0) is 33.7. The maximum absolute atomic E-state index is 14.4. The number of carbonyl (C=O) groups excluding carboxylic acids is 6. The van der Waals surface area contributed by atoms with Crippen molar-refractivity contribution in [2.75, 3.05) is 0 Å². The van der Waals surface area contributed by atoms with Gasteiger partial charge in [0.25, 0.3) is 0 Å². The van der Waals surface area contributed by atoms with E-state index in [1.165, 1.54) is 12.2 Å². The Hall–Kier alpha value is -7.06. The largest absolute Gasteiger partial charge is 0.353 e. The summed E-state index contributed by atoms with van der Waals surface area (Å²) in [4.78, 5) is 89.7. The van der Waals surface area contributed by atoms with Crippen molar-refractivity contribution in [3.8, 4) is 0 Å². The molecule has 0 aliphatic heterocycles. The maximum Gasteiger partial charge on any atom is 0.196 e. The molecule has 8 heteroatoms. The second-order valence-electron chi connectivity index (χ2n) is 13.0. The number of aromatic amines is 2. The first-order valence-electron chi connectivity index (χ1n) is 16.0. The minimum Gasteiger partial charge on any atom is -0.353 e. The number of allylic oxidation sites excluding steroid dienone is 3. The summed E-state index contributed by atoms with van der Waals surface area (Å²) in [5.41, 5.74) is 3.60. The quantitative estimate of drug-likeness (QED) is 0.225. The van der Waals surface area contributed by atoms with Crippen LogP contribution in [0, 0.1) is 0 Å². The number of aromatic nitrogens is 2. The lowest BCUT2D eigenvalue weighted by Crippen LogP contribution is -2.33. The molecule has 4 aliphatic rings. The van der Waals surface area contributed by atoms with E-state index < -0.39 is 23.1 Å². The number of nitrogens with one attached hydrogen (secondary N) is 2. The summed E-state index contributed by atoms with van der Waals surface area (Å²) in [6.45, 7) is 0. The van der Waals surface area contributed by atoms with Gasteiger partial charge in [0.1, 0.15) is 0 Å². The first-order chi connectivity index (χ1) is 24.3. The second-order valence-corrected chi connectivity index (χ2v) is 13.0. The van der Waals surface area contributed by atoms with Crippen molar-refractivity contribution >= 4 is 95.9 Å². The summed E-state index contributed by atoms with van der Waals surface area (Å²) >= 11 is 0. The van der Waals surface area contributed by atoms with Crippen LogP contribution in [0.2, 0.25) is 0 Å². The van der Waals surface area contributed by atoms with E-state index in [0.29, 0.717) is 27.2 Å². The van der Waals surface area contributed by atoms with E-state index >= 15 is 0 Å². The molecular weight excluding hydrogens is 628 g/mol. The monoisotopic (exact) mass is 646 g/mol. The minimum absolute atomic E-state index is 0.00588. The van der Waals surface area contributed by atoms with Crippen LogP contribution in [0.15, 0.2) is 90.5 Å². The third-order valence-corrected chi connectivity index (χ3v) is 10.5. The van der Waals surface area contributed by atoms with E-state index in [-0.39, 0.29) is 72.5 Å². The topological polar surface area (TPSA) is 134 Å². The van der Waals surface area contributed by atoms with Crippen molar-refractivity contribution in [1.29, 1.82) is 0 Å². The number of benzene rings is 5. The Kier molecular flexibility index (Phi) is 4.79. The lowest BCUT2D eigenvalue weighted by atomic mass is 9.78. The van der Waals surface area contributed by atoms with Crippen LogP contribution in [-0.4, -0.2) is 44.7 Å². The Morgan fingerprint density at radius 1 is 0.500 bits per heavy atom. The first-order valence-corrected chi connectivity index (χ1v) is 16.0. The van der Waals surface area contributed by atoms with Crippen LogP contribution in [0.25, 0.3) is 61.2 Å². The highest BCUT2D eigenvalue weighted by Crippen LogP contribution is 2.44. The number of Topliss-reactive ketones (excluding diaryl/α,β-unsaturated/α-hetero) is 2. The fourth-order valence-corrected chi connectivity index (χ4v) is 8.37. The smallest absolute Gasteiger partial charge is 0.196 e. The lowest BCUT2D eigenvalue weighted by Gasteiger charge is -2.21. The van der Waals surface area contributed by atoms with Gasteiger partial charge in [0.05, 0.1) is 44.2 Å².